The first-order chi connectivity index (χ1) is 12.1. The molecule has 5 nitrogen and oxygen atoms in total. The van der Waals surface area contributed by atoms with Gasteiger partial charge in [-0.25, -0.2) is 4.57 Å². The van der Waals surface area contributed by atoms with Gasteiger partial charge in [-0.2, -0.15) is 0 Å². The van der Waals surface area contributed by atoms with Crippen LogP contribution in [0.3, 0.4) is 0 Å². The van der Waals surface area contributed by atoms with Crippen molar-refractivity contribution >= 4 is 7.82 Å². The number of phosphoric ester groups is 1. The molecule has 4 N–H and O–H groups in total. The lowest BCUT2D eigenvalue weighted by Crippen LogP contribution is -2.38. The average molecular weight is 394 g/mol. The van der Waals surface area contributed by atoms with Crippen molar-refractivity contribution in [2.45, 2.75) is 123 Å². The van der Waals surface area contributed by atoms with Crippen molar-refractivity contribution in [3.05, 3.63) is 0 Å². The van der Waals surface area contributed by atoms with Gasteiger partial charge in [0.25, 0.3) is 0 Å². The Labute approximate surface area is 161 Å². The van der Waals surface area contributed by atoms with Crippen molar-refractivity contribution in [1.82, 2.24) is 0 Å². The van der Waals surface area contributed by atoms with Crippen LogP contribution in [-0.2, 0) is 9.09 Å². The van der Waals surface area contributed by atoms with E-state index in [9.17, 15) is 4.57 Å². The van der Waals surface area contributed by atoms with Gasteiger partial charge in [0.1, 0.15) is 5.72 Å². The fourth-order valence-electron chi connectivity index (χ4n) is 3.29. The van der Waals surface area contributed by atoms with Gasteiger partial charge in [0.15, 0.2) is 0 Å². The standard InChI is InChI=1S/C20H44NO4P/c1-19(2)17-15-13-11-9-7-5-4-6-8-10-12-14-16-18-20(3,21)25-26(22,23)24/h19H,4-18,21H2,1-3H3,(H2,22,23,24). The highest BCUT2D eigenvalue weighted by molar-refractivity contribution is 7.46. The monoisotopic (exact) mass is 393 g/mol. The van der Waals surface area contributed by atoms with Crippen molar-refractivity contribution in [1.29, 1.82) is 0 Å². The van der Waals surface area contributed by atoms with Crippen molar-refractivity contribution in [3.8, 4) is 0 Å². The lowest BCUT2D eigenvalue weighted by molar-refractivity contribution is 0.0453. The van der Waals surface area contributed by atoms with Crippen molar-refractivity contribution in [3.63, 3.8) is 0 Å². The van der Waals surface area contributed by atoms with Crippen molar-refractivity contribution in [2.24, 2.45) is 11.7 Å². The molecule has 0 aliphatic rings. The molecule has 6 heteroatoms. The fourth-order valence-corrected chi connectivity index (χ4v) is 3.93. The molecule has 0 rings (SSSR count). The number of rotatable bonds is 18. The summed E-state index contributed by atoms with van der Waals surface area (Å²) in [5.41, 5.74) is 4.51. The molecule has 1 atom stereocenters. The molecule has 0 heterocycles. The molecule has 0 spiro atoms. The van der Waals surface area contributed by atoms with Gasteiger partial charge < -0.3 is 15.5 Å². The summed E-state index contributed by atoms with van der Waals surface area (Å²) in [6.45, 7) is 6.13. The molecule has 0 aromatic carbocycles. The van der Waals surface area contributed by atoms with Gasteiger partial charge in [-0.05, 0) is 25.7 Å². The third-order valence-corrected chi connectivity index (χ3v) is 5.44. The lowest BCUT2D eigenvalue weighted by atomic mass is 10.0. The number of phosphoric acid groups is 1. The molecular formula is C20H44NO4P. The normalized spacial score (nSPS) is 14.7. The Morgan fingerprint density at radius 2 is 1.15 bits per heavy atom. The smallest absolute Gasteiger partial charge is 0.303 e. The second-order valence-electron chi connectivity index (χ2n) is 8.42. The molecule has 0 aliphatic heterocycles. The van der Waals surface area contributed by atoms with E-state index in [1.165, 1.54) is 77.6 Å². The van der Waals surface area contributed by atoms with E-state index in [0.717, 1.165) is 25.2 Å². The Bertz CT molecular complexity index is 369. The van der Waals surface area contributed by atoms with E-state index in [2.05, 4.69) is 18.4 Å². The Hall–Kier alpha value is 0.0700. The zero-order chi connectivity index (χ0) is 19.9. The minimum Gasteiger partial charge on any atom is -0.303 e. The SMILES string of the molecule is CC(C)CCCCCCCCCCCCCCCC(C)(N)OP(=O)(O)O. The first-order valence-corrected chi connectivity index (χ1v) is 12.2. The second kappa shape index (κ2) is 15.0. The molecule has 0 amide bonds. The zero-order valence-electron chi connectivity index (χ0n) is 17.4. The molecule has 158 valence electrons. The van der Waals surface area contributed by atoms with Crippen molar-refractivity contribution in [2.75, 3.05) is 0 Å². The third kappa shape index (κ3) is 20.4. The number of unbranched alkanes of at least 4 members (excludes halogenated alkanes) is 12. The van der Waals surface area contributed by atoms with Crippen LogP contribution in [0.15, 0.2) is 0 Å². The number of nitrogens with two attached hydrogens (primary N) is 1. The molecular weight excluding hydrogens is 349 g/mol. The van der Waals surface area contributed by atoms with Crippen LogP contribution in [0.2, 0.25) is 0 Å². The van der Waals surface area contributed by atoms with Gasteiger partial charge in [-0.1, -0.05) is 97.3 Å². The van der Waals surface area contributed by atoms with Gasteiger partial charge in [-0.3, -0.25) is 4.52 Å². The fraction of sp³-hybridized carbons (Fsp3) is 1.00. The summed E-state index contributed by atoms with van der Waals surface area (Å²) in [6, 6.07) is 0. The van der Waals surface area contributed by atoms with E-state index in [-0.39, 0.29) is 0 Å². The van der Waals surface area contributed by atoms with Crippen LogP contribution < -0.4 is 5.73 Å². The first kappa shape index (κ1) is 26.1. The molecule has 0 radical (unpaired) electrons. The largest absolute Gasteiger partial charge is 0.471 e. The summed E-state index contributed by atoms with van der Waals surface area (Å²) in [6.07, 6.45) is 18.4. The highest BCUT2D eigenvalue weighted by Crippen LogP contribution is 2.41. The molecule has 0 saturated heterocycles. The predicted octanol–water partition coefficient (Wildman–Crippen LogP) is 6.28. The summed E-state index contributed by atoms with van der Waals surface area (Å²) in [5.74, 6) is 0.850. The van der Waals surface area contributed by atoms with Crippen LogP contribution in [0, 0.1) is 5.92 Å². The highest BCUT2D eigenvalue weighted by atomic mass is 31.2. The number of hydrogen-bond acceptors (Lipinski definition) is 3. The Morgan fingerprint density at radius 1 is 0.808 bits per heavy atom. The Morgan fingerprint density at radius 3 is 1.50 bits per heavy atom. The summed E-state index contributed by atoms with van der Waals surface area (Å²) >= 11 is 0. The topological polar surface area (TPSA) is 92.8 Å². The Kier molecular flexibility index (Phi) is 15.1. The number of hydrogen-bond donors (Lipinski definition) is 3. The maximum Gasteiger partial charge on any atom is 0.471 e. The van der Waals surface area contributed by atoms with E-state index in [1.54, 1.807) is 0 Å². The summed E-state index contributed by atoms with van der Waals surface area (Å²) in [4.78, 5) is 17.6. The van der Waals surface area contributed by atoms with E-state index in [1.807, 2.05) is 0 Å². The van der Waals surface area contributed by atoms with Crippen LogP contribution in [-0.4, -0.2) is 15.5 Å². The maximum absolute atomic E-state index is 10.8. The maximum atomic E-state index is 10.8. The Balaban J connectivity index is 3.28. The van der Waals surface area contributed by atoms with Gasteiger partial charge in [0, 0.05) is 0 Å². The minimum atomic E-state index is -4.50. The van der Waals surface area contributed by atoms with Crippen LogP contribution in [0.1, 0.15) is 117 Å². The molecule has 1 unspecified atom stereocenters. The second-order valence-corrected chi connectivity index (χ2v) is 9.59. The molecule has 0 fully saturated rings. The highest BCUT2D eigenvalue weighted by Gasteiger charge is 2.28. The van der Waals surface area contributed by atoms with E-state index < -0.39 is 13.5 Å². The summed E-state index contributed by atoms with van der Waals surface area (Å²) < 4.78 is 15.4. The molecule has 0 aromatic heterocycles. The molecule has 0 saturated carbocycles. The minimum absolute atomic E-state index is 0.468. The van der Waals surface area contributed by atoms with Crippen LogP contribution in [0.4, 0.5) is 0 Å². The van der Waals surface area contributed by atoms with E-state index in [0.29, 0.717) is 6.42 Å². The summed E-state index contributed by atoms with van der Waals surface area (Å²) in [7, 11) is -4.50. The zero-order valence-corrected chi connectivity index (χ0v) is 18.3. The molecule has 0 bridgehead atoms. The third-order valence-electron chi connectivity index (χ3n) is 4.78. The average Bonchev–Trinajstić information content (AvgIpc) is 2.48. The first-order valence-electron chi connectivity index (χ1n) is 10.7. The van der Waals surface area contributed by atoms with Gasteiger partial charge in [-0.15, -0.1) is 0 Å². The van der Waals surface area contributed by atoms with E-state index >= 15 is 0 Å². The molecule has 26 heavy (non-hydrogen) atoms. The van der Waals surface area contributed by atoms with E-state index in [4.69, 9.17) is 15.5 Å². The van der Waals surface area contributed by atoms with Gasteiger partial charge in [0.05, 0.1) is 0 Å². The van der Waals surface area contributed by atoms with Gasteiger partial charge in [0.2, 0.25) is 0 Å². The van der Waals surface area contributed by atoms with Crippen LogP contribution in [0.5, 0.6) is 0 Å². The molecule has 0 aliphatic carbocycles. The predicted molar refractivity (Wildman–Crippen MR) is 110 cm³/mol. The van der Waals surface area contributed by atoms with Crippen LogP contribution >= 0.6 is 7.82 Å². The quantitative estimate of drug-likeness (QED) is 0.145. The molecule has 0 aromatic rings. The lowest BCUT2D eigenvalue weighted by Gasteiger charge is -2.24. The van der Waals surface area contributed by atoms with Crippen molar-refractivity contribution < 1.29 is 18.9 Å². The van der Waals surface area contributed by atoms with Gasteiger partial charge >= 0.3 is 7.82 Å². The van der Waals surface area contributed by atoms with Crippen LogP contribution in [0.25, 0.3) is 0 Å². The summed E-state index contributed by atoms with van der Waals surface area (Å²) in [5, 5.41) is 0.